The van der Waals surface area contributed by atoms with E-state index < -0.39 is 17.7 Å². The zero-order valence-corrected chi connectivity index (χ0v) is 13.6. The second-order valence-electron chi connectivity index (χ2n) is 2.86. The van der Waals surface area contributed by atoms with Crippen molar-refractivity contribution in [1.29, 1.82) is 0 Å². The van der Waals surface area contributed by atoms with E-state index in [0.29, 0.717) is 13.2 Å². The van der Waals surface area contributed by atoms with E-state index in [-0.39, 0.29) is 0 Å². The molecule has 0 aromatic carbocycles. The molecule has 0 fully saturated rings. The first-order valence-electron chi connectivity index (χ1n) is 4.56. The average molecular weight is 307 g/mol. The Balaban J connectivity index is 4.52. The van der Waals surface area contributed by atoms with Crippen LogP contribution in [-0.2, 0) is 13.3 Å². The van der Waals surface area contributed by atoms with Crippen molar-refractivity contribution in [3.8, 4) is 0 Å². The van der Waals surface area contributed by atoms with Gasteiger partial charge in [-0.1, -0.05) is 0 Å². The predicted molar refractivity (Wildman–Crippen MR) is 78.4 cm³/mol. The predicted octanol–water partition coefficient (Wildman–Crippen LogP) is 2.34. The Morgan fingerprint density at radius 2 is 1.53 bits per heavy atom. The van der Waals surface area contributed by atoms with Crippen LogP contribution in [0.1, 0.15) is 13.8 Å². The monoisotopic (exact) mass is 306 g/mol. The molecule has 0 spiro atoms. The van der Waals surface area contributed by atoms with Gasteiger partial charge in [0.05, 0.1) is 4.58 Å². The summed E-state index contributed by atoms with van der Waals surface area (Å²) in [4.78, 5) is 0. The van der Waals surface area contributed by atoms with Crippen molar-refractivity contribution in [3.63, 3.8) is 0 Å². The fourth-order valence-corrected chi connectivity index (χ4v) is 4.16. The molecule has 0 amide bonds. The molecule has 0 unspecified atom stereocenters. The molecule has 0 aromatic heterocycles. The van der Waals surface area contributed by atoms with Crippen LogP contribution in [0.25, 0.3) is 0 Å². The van der Waals surface area contributed by atoms with Crippen molar-refractivity contribution in [3.05, 3.63) is 0 Å². The lowest BCUT2D eigenvalue weighted by atomic mass is 10.8. The standard InChI is InChI=1S/C7H18O3S4Si/c1-4-8-15(3,9-5-2)10-7(13,14)6(11)12/h6,11-14H,4-5H2,1-3H3. The lowest BCUT2D eigenvalue weighted by Crippen LogP contribution is -2.49. The van der Waals surface area contributed by atoms with Crippen molar-refractivity contribution < 1.29 is 13.3 Å². The van der Waals surface area contributed by atoms with Gasteiger partial charge in [-0.3, -0.25) is 0 Å². The smallest absolute Gasteiger partial charge is 0.374 e. The van der Waals surface area contributed by atoms with E-state index in [9.17, 15) is 0 Å². The molecule has 0 rings (SSSR count). The van der Waals surface area contributed by atoms with Crippen LogP contribution in [0.2, 0.25) is 6.55 Å². The van der Waals surface area contributed by atoms with Crippen molar-refractivity contribution >= 4 is 59.3 Å². The molecule has 3 nitrogen and oxygen atoms in total. The molecule has 0 aliphatic heterocycles. The molecule has 92 valence electrons. The Labute approximate surface area is 115 Å². The summed E-state index contributed by atoms with van der Waals surface area (Å²) in [5, 5.41) is 0. The quantitative estimate of drug-likeness (QED) is 0.330. The third kappa shape index (κ3) is 6.11. The van der Waals surface area contributed by atoms with Gasteiger partial charge in [-0.05, 0) is 13.8 Å². The second kappa shape index (κ2) is 7.05. The maximum absolute atomic E-state index is 5.64. The molecule has 0 aromatic rings. The minimum Gasteiger partial charge on any atom is -0.374 e. The summed E-state index contributed by atoms with van der Waals surface area (Å²) >= 11 is 16.7. The Morgan fingerprint density at radius 1 is 1.13 bits per heavy atom. The molecule has 0 bridgehead atoms. The summed E-state index contributed by atoms with van der Waals surface area (Å²) in [7, 11) is -2.70. The van der Waals surface area contributed by atoms with Crippen LogP contribution in [-0.4, -0.2) is 30.9 Å². The van der Waals surface area contributed by atoms with E-state index in [4.69, 9.17) is 13.3 Å². The van der Waals surface area contributed by atoms with Crippen LogP contribution in [0.15, 0.2) is 0 Å². The molecule has 0 aliphatic carbocycles. The van der Waals surface area contributed by atoms with Crippen molar-refractivity contribution in [2.75, 3.05) is 13.2 Å². The largest absolute Gasteiger partial charge is 0.499 e. The SMILES string of the molecule is CCO[Si](C)(OCC)OC(S)(S)C(S)S. The number of rotatable bonds is 7. The number of hydrogen-bond donors (Lipinski definition) is 4. The van der Waals surface area contributed by atoms with E-state index in [1.807, 2.05) is 13.8 Å². The van der Waals surface area contributed by atoms with Gasteiger partial charge in [-0.15, -0.1) is 25.3 Å². The van der Waals surface area contributed by atoms with Crippen LogP contribution in [0.4, 0.5) is 0 Å². The minimum atomic E-state index is -2.70. The maximum atomic E-state index is 5.64. The highest BCUT2D eigenvalue weighted by molar-refractivity contribution is 8.07. The number of thiol groups is 4. The zero-order chi connectivity index (χ0) is 12.1. The fourth-order valence-electron chi connectivity index (χ4n) is 0.951. The molecule has 0 radical (unpaired) electrons. The van der Waals surface area contributed by atoms with Gasteiger partial charge >= 0.3 is 8.80 Å². The first-order valence-corrected chi connectivity index (χ1v) is 8.71. The lowest BCUT2D eigenvalue weighted by molar-refractivity contribution is 0.0611. The van der Waals surface area contributed by atoms with Gasteiger partial charge in [-0.25, -0.2) is 0 Å². The van der Waals surface area contributed by atoms with Gasteiger partial charge in [0, 0.05) is 19.8 Å². The Kier molecular flexibility index (Phi) is 7.75. The van der Waals surface area contributed by atoms with Crippen molar-refractivity contribution in [2.45, 2.75) is 29.2 Å². The molecule has 0 aliphatic rings. The maximum Gasteiger partial charge on any atom is 0.499 e. The minimum absolute atomic E-state index is 0.447. The van der Waals surface area contributed by atoms with E-state index >= 15 is 0 Å². The molecule has 0 saturated carbocycles. The Bertz CT molecular complexity index is 185. The van der Waals surface area contributed by atoms with Gasteiger partial charge in [0.25, 0.3) is 0 Å². The van der Waals surface area contributed by atoms with E-state index in [1.54, 1.807) is 6.55 Å². The first-order chi connectivity index (χ1) is 6.77. The van der Waals surface area contributed by atoms with E-state index in [2.05, 4.69) is 50.5 Å². The summed E-state index contributed by atoms with van der Waals surface area (Å²) in [6.07, 6.45) is 0. The normalized spacial score (nSPS) is 13.6. The lowest BCUT2D eigenvalue weighted by Gasteiger charge is -2.34. The molecule has 8 heteroatoms. The van der Waals surface area contributed by atoms with Gasteiger partial charge in [0.15, 0.2) is 4.27 Å². The van der Waals surface area contributed by atoms with Crippen LogP contribution >= 0.6 is 50.5 Å². The van der Waals surface area contributed by atoms with Crippen molar-refractivity contribution in [1.82, 2.24) is 0 Å². The Morgan fingerprint density at radius 3 is 1.80 bits per heavy atom. The summed E-state index contributed by atoms with van der Waals surface area (Å²) in [5.74, 6) is 0. The molecule has 0 atom stereocenters. The Hall–Kier alpha value is 1.50. The molecule has 0 heterocycles. The van der Waals surface area contributed by atoms with Gasteiger partial charge in [0.2, 0.25) is 0 Å². The van der Waals surface area contributed by atoms with Crippen LogP contribution in [0, 0.1) is 0 Å². The van der Waals surface area contributed by atoms with Crippen LogP contribution in [0.3, 0.4) is 0 Å². The second-order valence-corrected chi connectivity index (χ2v) is 8.49. The molecule has 0 N–H and O–H groups in total. The molecule has 15 heavy (non-hydrogen) atoms. The summed E-state index contributed by atoms with van der Waals surface area (Å²) in [5.41, 5.74) is 0. The highest BCUT2D eigenvalue weighted by atomic mass is 32.2. The zero-order valence-electron chi connectivity index (χ0n) is 9.01. The average Bonchev–Trinajstić information content (AvgIpc) is 2.02. The van der Waals surface area contributed by atoms with Crippen LogP contribution in [0.5, 0.6) is 0 Å². The summed E-state index contributed by atoms with van der Waals surface area (Å²) in [6.45, 7) is 6.59. The number of hydrogen-bond acceptors (Lipinski definition) is 7. The van der Waals surface area contributed by atoms with E-state index in [1.165, 1.54) is 0 Å². The summed E-state index contributed by atoms with van der Waals surface area (Å²) < 4.78 is 15.1. The topological polar surface area (TPSA) is 27.7 Å². The fraction of sp³-hybridized carbons (Fsp3) is 1.00. The van der Waals surface area contributed by atoms with Crippen molar-refractivity contribution in [2.24, 2.45) is 0 Å². The molecular weight excluding hydrogens is 288 g/mol. The van der Waals surface area contributed by atoms with Gasteiger partial charge < -0.3 is 13.3 Å². The first kappa shape index (κ1) is 16.5. The van der Waals surface area contributed by atoms with Gasteiger partial charge in [0.1, 0.15) is 0 Å². The van der Waals surface area contributed by atoms with E-state index in [0.717, 1.165) is 0 Å². The highest BCUT2D eigenvalue weighted by Crippen LogP contribution is 2.35. The van der Waals surface area contributed by atoms with Gasteiger partial charge in [-0.2, -0.15) is 25.3 Å². The molecule has 0 saturated heterocycles. The highest BCUT2D eigenvalue weighted by Gasteiger charge is 2.43. The summed E-state index contributed by atoms with van der Waals surface area (Å²) in [6, 6.07) is 0. The third-order valence-electron chi connectivity index (χ3n) is 1.49. The van der Waals surface area contributed by atoms with Crippen LogP contribution < -0.4 is 0 Å². The molecular formula is C7H18O3S4Si. The third-order valence-corrected chi connectivity index (χ3v) is 6.39.